The number of primary amides is 1. The third kappa shape index (κ3) is 6.53. The van der Waals surface area contributed by atoms with Gasteiger partial charge in [-0.2, -0.15) is 13.2 Å². The van der Waals surface area contributed by atoms with Crippen molar-refractivity contribution in [2.45, 2.75) is 88.4 Å². The van der Waals surface area contributed by atoms with Crippen LogP contribution in [0.25, 0.3) is 0 Å². The molecule has 14 heteroatoms. The van der Waals surface area contributed by atoms with Crippen LogP contribution >= 0.6 is 0 Å². The second-order valence-corrected chi connectivity index (χ2v) is 16.3. The third-order valence-electron chi connectivity index (χ3n) is 12.9. The van der Waals surface area contributed by atoms with Gasteiger partial charge >= 0.3 is 6.18 Å². The van der Waals surface area contributed by atoms with Gasteiger partial charge in [-0.15, -0.1) is 0 Å². The molecule has 2 saturated carbocycles. The van der Waals surface area contributed by atoms with Crippen molar-refractivity contribution in [3.63, 3.8) is 0 Å². The van der Waals surface area contributed by atoms with Gasteiger partial charge in [0.25, 0.3) is 5.91 Å². The van der Waals surface area contributed by atoms with Crippen molar-refractivity contribution in [2.75, 3.05) is 42.6 Å². The molecule has 4 fully saturated rings. The molecule has 0 radical (unpaired) electrons. The van der Waals surface area contributed by atoms with Crippen molar-refractivity contribution in [3.8, 4) is 5.75 Å². The number of ether oxygens (including phenoxy) is 2. The number of nitrogens with two attached hydrogens (primary N) is 1. The number of amides is 2. The van der Waals surface area contributed by atoms with Crippen LogP contribution < -0.4 is 25.6 Å². The van der Waals surface area contributed by atoms with Gasteiger partial charge in [0.15, 0.2) is 5.69 Å². The Bertz CT molecular complexity index is 1880. The zero-order valence-corrected chi connectivity index (χ0v) is 30.8. The predicted octanol–water partition coefficient (Wildman–Crippen LogP) is 6.18. The van der Waals surface area contributed by atoms with Crippen LogP contribution in [-0.2, 0) is 21.1 Å². The standard InChI is InChI=1S/C40H48F3N7O4/c1-24-18-26-20-25(2)39(36(44)52,27(19-24)21-26)48-35(51)30-5-7-33(47-34(30)40(41,42)43)50-23-38(10-16-53-17-11-38)31-22-29(4-6-32(31)50)54-28-8-14-49(15-9-28)37-45-12-3-13-46-37/h3-7,12-13,22,24-28H,8-11,14-21,23H2,1-2H3,(H2,44,52)(H,48,51). The van der Waals surface area contributed by atoms with E-state index in [0.717, 1.165) is 43.6 Å². The molecule has 288 valence electrons. The van der Waals surface area contributed by atoms with Gasteiger partial charge in [-0.1, -0.05) is 13.8 Å². The van der Waals surface area contributed by atoms with E-state index < -0.39 is 34.8 Å². The van der Waals surface area contributed by atoms with E-state index in [1.54, 1.807) is 18.5 Å². The lowest BCUT2D eigenvalue weighted by molar-refractivity contribution is -0.141. The van der Waals surface area contributed by atoms with Crippen LogP contribution in [0.1, 0.15) is 86.8 Å². The Kier molecular flexibility index (Phi) is 9.46. The van der Waals surface area contributed by atoms with Gasteiger partial charge in [-0.25, -0.2) is 15.0 Å². The molecule has 11 nitrogen and oxygen atoms in total. The zero-order valence-electron chi connectivity index (χ0n) is 30.8. The second kappa shape index (κ2) is 14.0. The fourth-order valence-electron chi connectivity index (χ4n) is 10.3. The molecule has 2 aliphatic carbocycles. The van der Waals surface area contributed by atoms with Crippen molar-refractivity contribution in [3.05, 3.63) is 65.6 Å². The van der Waals surface area contributed by atoms with Gasteiger partial charge in [0.1, 0.15) is 23.2 Å². The van der Waals surface area contributed by atoms with Gasteiger partial charge in [0.05, 0.1) is 5.56 Å². The highest BCUT2D eigenvalue weighted by molar-refractivity contribution is 6.00. The Hall–Kier alpha value is -4.46. The maximum Gasteiger partial charge on any atom is 0.434 e. The highest BCUT2D eigenvalue weighted by atomic mass is 19.4. The molecule has 5 unspecified atom stereocenters. The van der Waals surface area contributed by atoms with Crippen molar-refractivity contribution in [1.82, 2.24) is 20.3 Å². The predicted molar refractivity (Wildman–Crippen MR) is 195 cm³/mol. The second-order valence-electron chi connectivity index (χ2n) is 16.3. The maximum absolute atomic E-state index is 14.9. The average molecular weight is 748 g/mol. The summed E-state index contributed by atoms with van der Waals surface area (Å²) in [6.45, 7) is 6.96. The first kappa shape index (κ1) is 36.5. The number of alkyl halides is 3. The molecule has 5 aliphatic rings. The molecule has 5 heterocycles. The molecular formula is C40H48F3N7O4. The first-order valence-corrected chi connectivity index (χ1v) is 19.3. The van der Waals surface area contributed by atoms with Crippen molar-refractivity contribution in [1.29, 1.82) is 0 Å². The van der Waals surface area contributed by atoms with Crippen LogP contribution in [-0.4, -0.2) is 71.3 Å². The molecule has 2 saturated heterocycles. The monoisotopic (exact) mass is 747 g/mol. The first-order valence-electron chi connectivity index (χ1n) is 19.3. The minimum absolute atomic E-state index is 0.00546. The Morgan fingerprint density at radius 1 is 1.00 bits per heavy atom. The number of aromatic nitrogens is 3. The van der Waals surface area contributed by atoms with Gasteiger partial charge < -0.3 is 30.3 Å². The van der Waals surface area contributed by atoms with Crippen molar-refractivity contribution < 1.29 is 32.2 Å². The quantitative estimate of drug-likeness (QED) is 0.290. The lowest BCUT2D eigenvalue weighted by Crippen LogP contribution is -2.68. The van der Waals surface area contributed by atoms with E-state index in [1.165, 1.54) is 12.1 Å². The fourth-order valence-corrected chi connectivity index (χ4v) is 10.3. The number of halogens is 3. The number of carbonyl (C=O) groups is 2. The number of anilines is 3. The molecule has 2 bridgehead atoms. The Morgan fingerprint density at radius 2 is 1.74 bits per heavy atom. The molecule has 1 spiro atoms. The highest BCUT2D eigenvalue weighted by Crippen LogP contribution is 2.52. The largest absolute Gasteiger partial charge is 0.490 e. The van der Waals surface area contributed by atoms with Crippen LogP contribution in [0, 0.1) is 23.7 Å². The minimum Gasteiger partial charge on any atom is -0.490 e. The lowest BCUT2D eigenvalue weighted by atomic mass is 9.56. The normalized spacial score (nSPS) is 28.1. The molecule has 54 heavy (non-hydrogen) atoms. The number of nitrogens with zero attached hydrogens (tertiary/aromatic N) is 5. The number of fused-ring (bicyclic) bond motifs is 4. The summed E-state index contributed by atoms with van der Waals surface area (Å²) in [4.78, 5) is 44.0. The van der Waals surface area contributed by atoms with Crippen LogP contribution in [0.3, 0.4) is 0 Å². The van der Waals surface area contributed by atoms with E-state index in [0.29, 0.717) is 75.4 Å². The maximum atomic E-state index is 14.9. The topological polar surface area (TPSA) is 136 Å². The number of pyridine rings is 1. The van der Waals surface area contributed by atoms with E-state index in [4.69, 9.17) is 15.2 Å². The third-order valence-corrected chi connectivity index (χ3v) is 12.9. The van der Waals surface area contributed by atoms with Gasteiger partial charge in [0, 0.05) is 69.2 Å². The molecule has 3 aliphatic heterocycles. The summed E-state index contributed by atoms with van der Waals surface area (Å²) in [6.07, 6.45) is 4.57. The minimum atomic E-state index is -4.94. The van der Waals surface area contributed by atoms with E-state index in [-0.39, 0.29) is 29.2 Å². The fraction of sp³-hybridized carbons (Fsp3) is 0.575. The molecule has 2 amide bonds. The first-order chi connectivity index (χ1) is 25.9. The summed E-state index contributed by atoms with van der Waals surface area (Å²) in [7, 11) is 0. The van der Waals surface area contributed by atoms with Crippen LogP contribution in [0.5, 0.6) is 5.75 Å². The molecule has 3 aromatic rings. The molecule has 8 rings (SSSR count). The van der Waals surface area contributed by atoms with Crippen LogP contribution in [0.15, 0.2) is 48.8 Å². The Morgan fingerprint density at radius 3 is 2.44 bits per heavy atom. The van der Waals surface area contributed by atoms with E-state index in [9.17, 15) is 22.8 Å². The van der Waals surface area contributed by atoms with Gasteiger partial charge in [-0.3, -0.25) is 9.59 Å². The summed E-state index contributed by atoms with van der Waals surface area (Å²) in [5, 5.41) is 2.78. The molecular weight excluding hydrogens is 699 g/mol. The van der Waals surface area contributed by atoms with E-state index >= 15 is 0 Å². The van der Waals surface area contributed by atoms with Gasteiger partial charge in [0.2, 0.25) is 11.9 Å². The highest BCUT2D eigenvalue weighted by Gasteiger charge is 2.56. The summed E-state index contributed by atoms with van der Waals surface area (Å²) >= 11 is 0. The number of hydrogen-bond acceptors (Lipinski definition) is 9. The number of benzene rings is 1. The number of piperidine rings is 1. The van der Waals surface area contributed by atoms with E-state index in [2.05, 4.69) is 32.1 Å². The summed E-state index contributed by atoms with van der Waals surface area (Å²) < 4.78 is 56.9. The summed E-state index contributed by atoms with van der Waals surface area (Å²) in [5.41, 5.74) is 4.01. The molecule has 2 aromatic heterocycles. The smallest absolute Gasteiger partial charge is 0.434 e. The van der Waals surface area contributed by atoms with Crippen LogP contribution in [0.4, 0.5) is 30.6 Å². The summed E-state index contributed by atoms with van der Waals surface area (Å²) in [6, 6.07) is 10.3. The van der Waals surface area contributed by atoms with Crippen molar-refractivity contribution >= 4 is 29.3 Å². The van der Waals surface area contributed by atoms with Gasteiger partial charge in [-0.05, 0) is 104 Å². The lowest BCUT2D eigenvalue weighted by Gasteiger charge is -2.53. The van der Waals surface area contributed by atoms with Crippen LogP contribution in [0.2, 0.25) is 0 Å². The molecule has 5 atom stereocenters. The Balaban J connectivity index is 1.07. The number of hydrogen-bond donors (Lipinski definition) is 2. The zero-order chi connectivity index (χ0) is 37.8. The number of carbonyl (C=O) groups excluding carboxylic acids is 2. The average Bonchev–Trinajstić information content (AvgIpc) is 3.45. The number of rotatable bonds is 7. The SMILES string of the molecule is CC1CC2CC(C)C(NC(=O)c3ccc(N4CC5(CCOCC5)c5cc(OC6CCN(c7ncccn7)CC6)ccc54)nc3C(F)(F)F)(C(N)=O)C(C1)C2. The molecule has 1 aromatic carbocycles. The van der Waals surface area contributed by atoms with E-state index in [1.807, 2.05) is 30.0 Å². The van der Waals surface area contributed by atoms with Crippen molar-refractivity contribution in [2.24, 2.45) is 29.4 Å². The molecule has 3 N–H and O–H groups in total. The summed E-state index contributed by atoms with van der Waals surface area (Å²) in [5.74, 6) is -0.0418. The Labute approximate surface area is 313 Å². The number of nitrogens with one attached hydrogen (secondary N) is 1.